The van der Waals surface area contributed by atoms with Gasteiger partial charge in [0.1, 0.15) is 0 Å². The molecule has 3 rings (SSSR count). The molecule has 0 fully saturated rings. The Bertz CT molecular complexity index is 603. The van der Waals surface area contributed by atoms with Crippen LogP contribution >= 0.6 is 0 Å². The molecule has 0 nitrogen and oxygen atoms in total. The molecule has 0 amide bonds. The molecule has 20 heavy (non-hydrogen) atoms. The molecule has 0 aromatic heterocycles. The second-order valence-corrected chi connectivity index (χ2v) is 8.96. The van der Waals surface area contributed by atoms with Crippen molar-refractivity contribution in [2.45, 2.75) is 0 Å². The van der Waals surface area contributed by atoms with E-state index in [1.54, 1.807) is 0 Å². The fourth-order valence-corrected chi connectivity index (χ4v) is 6.38. The van der Waals surface area contributed by atoms with Gasteiger partial charge in [0, 0.05) is 0 Å². The van der Waals surface area contributed by atoms with Gasteiger partial charge in [0.15, 0.2) is 0 Å². The van der Waals surface area contributed by atoms with E-state index in [0.29, 0.717) is 29.9 Å². The van der Waals surface area contributed by atoms with Gasteiger partial charge in [-0.2, -0.15) is 0 Å². The molecule has 3 aromatic rings. The fraction of sp³-hybridized carbons (Fsp3) is 0. The van der Waals surface area contributed by atoms with Gasteiger partial charge in [0.25, 0.3) is 0 Å². The van der Waals surface area contributed by atoms with Crippen molar-refractivity contribution in [2.75, 3.05) is 0 Å². The monoisotopic (exact) mass is 390 g/mol. The van der Waals surface area contributed by atoms with Gasteiger partial charge in [-0.05, 0) is 0 Å². The maximum absolute atomic E-state index is 2.28. The van der Waals surface area contributed by atoms with Gasteiger partial charge in [-0.25, -0.2) is 0 Å². The quantitative estimate of drug-likeness (QED) is 0.586. The van der Waals surface area contributed by atoms with E-state index in [0.717, 1.165) is 0 Å². The maximum atomic E-state index is 2.28. The van der Waals surface area contributed by atoms with Crippen LogP contribution in [-0.4, -0.2) is 29.9 Å². The van der Waals surface area contributed by atoms with Gasteiger partial charge in [-0.1, -0.05) is 0 Å². The van der Waals surface area contributed by atoms with E-state index in [-0.39, 0.29) is 0 Å². The van der Waals surface area contributed by atoms with E-state index in [9.17, 15) is 0 Å². The molecule has 0 bridgehead atoms. The van der Waals surface area contributed by atoms with Crippen LogP contribution in [0.3, 0.4) is 0 Å². The normalized spacial score (nSPS) is 10.4. The van der Waals surface area contributed by atoms with Crippen molar-refractivity contribution in [3.8, 4) is 0 Å². The summed E-state index contributed by atoms with van der Waals surface area (Å²) < 4.78 is 5.90. The van der Waals surface area contributed by atoms with Crippen LogP contribution < -0.4 is 17.8 Å². The Labute approximate surface area is 132 Å². The predicted molar refractivity (Wildman–Crippen MR) is 89.4 cm³/mol. The van der Waals surface area contributed by atoms with Crippen molar-refractivity contribution in [1.29, 1.82) is 0 Å². The summed E-state index contributed by atoms with van der Waals surface area (Å²) in [7, 11) is 0. The topological polar surface area (TPSA) is 0 Å². The fourth-order valence-electron chi connectivity index (χ4n) is 1.85. The third-order valence-corrected chi connectivity index (χ3v) is 7.99. The Balaban J connectivity index is 1.85. The Hall–Kier alpha value is -1.30. The third-order valence-electron chi connectivity index (χ3n) is 2.79. The third kappa shape index (κ3) is 3.62. The molecule has 0 spiro atoms. The molecule has 0 heterocycles. The molecule has 0 saturated heterocycles. The van der Waals surface area contributed by atoms with Gasteiger partial charge in [-0.3, -0.25) is 0 Å². The zero-order valence-electron chi connectivity index (χ0n) is 10.9. The summed E-state index contributed by atoms with van der Waals surface area (Å²) in [5, 5.41) is 0. The van der Waals surface area contributed by atoms with Crippen LogP contribution in [0.1, 0.15) is 0 Å². The van der Waals surface area contributed by atoms with E-state index < -0.39 is 0 Å². The molecule has 0 atom stereocenters. The van der Waals surface area contributed by atoms with E-state index in [4.69, 9.17) is 0 Å². The van der Waals surface area contributed by atoms with Crippen LogP contribution in [0.25, 0.3) is 0 Å². The number of benzene rings is 3. The van der Waals surface area contributed by atoms with E-state index in [1.807, 2.05) is 0 Å². The molecule has 0 radical (unpaired) electrons. The number of rotatable bonds is 4. The van der Waals surface area contributed by atoms with E-state index >= 15 is 0 Å². The van der Waals surface area contributed by atoms with Gasteiger partial charge in [-0.15, -0.1) is 0 Å². The first-order chi connectivity index (χ1) is 9.92. The Morgan fingerprint density at radius 3 is 1.15 bits per heavy atom. The van der Waals surface area contributed by atoms with Crippen molar-refractivity contribution in [1.82, 2.24) is 0 Å². The standard InChI is InChI=1S/C18H14Se2/c1-3-9-15(10-4-1)19-17-13-7-8-14-18(17)20-16-11-5-2-6-12-16/h1-14H. The van der Waals surface area contributed by atoms with Gasteiger partial charge in [0.05, 0.1) is 0 Å². The van der Waals surface area contributed by atoms with Crippen LogP contribution in [0.15, 0.2) is 84.9 Å². The van der Waals surface area contributed by atoms with Crippen molar-refractivity contribution < 1.29 is 0 Å². The number of hydrogen-bond donors (Lipinski definition) is 0. The van der Waals surface area contributed by atoms with Crippen molar-refractivity contribution >= 4 is 47.8 Å². The molecular formula is C18H14Se2. The van der Waals surface area contributed by atoms with Crippen LogP contribution in [0.2, 0.25) is 0 Å². The molecule has 0 saturated carbocycles. The minimum absolute atomic E-state index is 0.397. The van der Waals surface area contributed by atoms with Gasteiger partial charge < -0.3 is 0 Å². The average Bonchev–Trinajstić information content (AvgIpc) is 2.51. The molecule has 0 unspecified atom stereocenters. The summed E-state index contributed by atoms with van der Waals surface area (Å²) in [6, 6.07) is 30.5. The summed E-state index contributed by atoms with van der Waals surface area (Å²) in [5.41, 5.74) is 0. The summed E-state index contributed by atoms with van der Waals surface area (Å²) in [4.78, 5) is 0. The Morgan fingerprint density at radius 2 is 0.750 bits per heavy atom. The second-order valence-electron chi connectivity index (χ2n) is 4.28. The van der Waals surface area contributed by atoms with E-state index in [2.05, 4.69) is 84.9 Å². The molecule has 3 aromatic carbocycles. The molecule has 0 aliphatic rings. The summed E-state index contributed by atoms with van der Waals surface area (Å²) in [6.07, 6.45) is 0. The van der Waals surface area contributed by atoms with Crippen LogP contribution in [0.5, 0.6) is 0 Å². The molecule has 0 N–H and O–H groups in total. The second kappa shape index (κ2) is 6.92. The minimum atomic E-state index is 0.397. The zero-order valence-corrected chi connectivity index (χ0v) is 14.3. The molecule has 98 valence electrons. The molecule has 0 aliphatic heterocycles. The molecule has 2 heteroatoms. The summed E-state index contributed by atoms with van der Waals surface area (Å²) >= 11 is 0.794. The van der Waals surface area contributed by atoms with Crippen LogP contribution in [0, 0.1) is 0 Å². The average molecular weight is 388 g/mol. The first kappa shape index (κ1) is 13.7. The summed E-state index contributed by atoms with van der Waals surface area (Å²) in [6.45, 7) is 0. The zero-order chi connectivity index (χ0) is 13.6. The van der Waals surface area contributed by atoms with Crippen LogP contribution in [0.4, 0.5) is 0 Å². The summed E-state index contributed by atoms with van der Waals surface area (Å²) in [5.74, 6) is 0. The molecule has 0 aliphatic carbocycles. The Morgan fingerprint density at radius 1 is 0.400 bits per heavy atom. The van der Waals surface area contributed by atoms with Crippen molar-refractivity contribution in [2.24, 2.45) is 0 Å². The van der Waals surface area contributed by atoms with E-state index in [1.165, 1.54) is 17.8 Å². The molecular weight excluding hydrogens is 374 g/mol. The Kier molecular flexibility index (Phi) is 4.73. The van der Waals surface area contributed by atoms with Gasteiger partial charge in [0.2, 0.25) is 0 Å². The first-order valence-electron chi connectivity index (χ1n) is 6.47. The first-order valence-corrected chi connectivity index (χ1v) is 9.89. The van der Waals surface area contributed by atoms with Gasteiger partial charge >= 0.3 is 133 Å². The predicted octanol–water partition coefficient (Wildman–Crippen LogP) is 0.997. The van der Waals surface area contributed by atoms with Crippen LogP contribution in [-0.2, 0) is 0 Å². The van der Waals surface area contributed by atoms with Crippen molar-refractivity contribution in [3.05, 3.63) is 84.9 Å². The van der Waals surface area contributed by atoms with Crippen molar-refractivity contribution in [3.63, 3.8) is 0 Å². The number of hydrogen-bond acceptors (Lipinski definition) is 0. The SMILES string of the molecule is c1ccc([Se]c2ccccc2[Se]c2ccccc2)cc1.